The zero-order chi connectivity index (χ0) is 18.4. The Morgan fingerprint density at radius 1 is 1.15 bits per heavy atom. The van der Waals surface area contributed by atoms with Crippen LogP contribution in [0.2, 0.25) is 0 Å². The minimum atomic E-state index is -0.474. The van der Waals surface area contributed by atoms with E-state index in [4.69, 9.17) is 5.26 Å². The van der Waals surface area contributed by atoms with Gasteiger partial charge in [0.25, 0.3) is 0 Å². The fourth-order valence-corrected chi connectivity index (χ4v) is 3.06. The molecule has 0 aromatic heterocycles. The van der Waals surface area contributed by atoms with Crippen molar-refractivity contribution in [3.8, 4) is 6.07 Å². The quantitative estimate of drug-likeness (QED) is 0.891. The maximum atomic E-state index is 12.5. The van der Waals surface area contributed by atoms with E-state index in [0.29, 0.717) is 30.8 Å². The summed E-state index contributed by atoms with van der Waals surface area (Å²) in [5.41, 5.74) is 2.12. The van der Waals surface area contributed by atoms with E-state index in [1.54, 1.807) is 23.1 Å². The monoisotopic (exact) mass is 348 g/mol. The van der Waals surface area contributed by atoms with E-state index in [0.717, 1.165) is 12.0 Å². The Labute approximate surface area is 152 Å². The number of hydrogen-bond acceptors (Lipinski definition) is 3. The molecule has 132 valence electrons. The van der Waals surface area contributed by atoms with Gasteiger partial charge in [0.05, 0.1) is 11.6 Å². The topological polar surface area (TPSA) is 85.2 Å². The number of rotatable bonds is 4. The molecule has 1 saturated heterocycles. The van der Waals surface area contributed by atoms with Crippen LogP contribution >= 0.6 is 0 Å². The van der Waals surface area contributed by atoms with Gasteiger partial charge in [-0.05, 0) is 42.7 Å². The van der Waals surface area contributed by atoms with Crippen LogP contribution in [0.15, 0.2) is 54.6 Å². The fourth-order valence-electron chi connectivity index (χ4n) is 3.06. The molecule has 1 aliphatic heterocycles. The molecule has 1 atom stereocenters. The molecule has 3 amide bonds. The summed E-state index contributed by atoms with van der Waals surface area (Å²) in [5, 5.41) is 14.6. The van der Waals surface area contributed by atoms with E-state index in [9.17, 15) is 9.59 Å². The predicted molar refractivity (Wildman–Crippen MR) is 98.2 cm³/mol. The summed E-state index contributed by atoms with van der Waals surface area (Å²) >= 11 is 0. The summed E-state index contributed by atoms with van der Waals surface area (Å²) in [4.78, 5) is 26.6. The Morgan fingerprint density at radius 2 is 1.96 bits per heavy atom. The van der Waals surface area contributed by atoms with Crippen LogP contribution in [0.5, 0.6) is 0 Å². The van der Waals surface area contributed by atoms with Gasteiger partial charge in [0.2, 0.25) is 5.91 Å². The van der Waals surface area contributed by atoms with Crippen molar-refractivity contribution in [2.75, 3.05) is 11.9 Å². The third-order valence-corrected chi connectivity index (χ3v) is 4.36. The molecule has 2 aromatic rings. The average molecular weight is 348 g/mol. The molecule has 0 saturated carbocycles. The van der Waals surface area contributed by atoms with Crippen molar-refractivity contribution in [3.63, 3.8) is 0 Å². The number of benzene rings is 2. The summed E-state index contributed by atoms with van der Waals surface area (Å²) in [6.07, 6.45) is 1.44. The van der Waals surface area contributed by atoms with Crippen LogP contribution in [0.1, 0.15) is 24.0 Å². The summed E-state index contributed by atoms with van der Waals surface area (Å²) in [7, 11) is 0. The summed E-state index contributed by atoms with van der Waals surface area (Å²) < 4.78 is 0. The van der Waals surface area contributed by atoms with Crippen LogP contribution in [0.25, 0.3) is 0 Å². The second-order valence-corrected chi connectivity index (χ2v) is 6.18. The first kappa shape index (κ1) is 17.5. The molecule has 3 rings (SSSR count). The van der Waals surface area contributed by atoms with Crippen molar-refractivity contribution in [2.45, 2.75) is 25.4 Å². The van der Waals surface area contributed by atoms with Crippen LogP contribution in [0, 0.1) is 11.3 Å². The van der Waals surface area contributed by atoms with Gasteiger partial charge in [-0.3, -0.25) is 4.79 Å². The van der Waals surface area contributed by atoms with E-state index in [1.165, 1.54) is 0 Å². The number of urea groups is 1. The molecule has 1 aliphatic rings. The Hall–Kier alpha value is -3.33. The summed E-state index contributed by atoms with van der Waals surface area (Å²) in [6.45, 7) is 0.889. The van der Waals surface area contributed by atoms with E-state index < -0.39 is 6.04 Å². The van der Waals surface area contributed by atoms with Crippen molar-refractivity contribution >= 4 is 17.6 Å². The Balaban J connectivity index is 1.59. The van der Waals surface area contributed by atoms with Crippen molar-refractivity contribution in [1.29, 1.82) is 5.26 Å². The molecule has 1 unspecified atom stereocenters. The highest BCUT2D eigenvalue weighted by Gasteiger charge is 2.33. The summed E-state index contributed by atoms with van der Waals surface area (Å²) in [6, 6.07) is 17.6. The average Bonchev–Trinajstić information content (AvgIpc) is 3.17. The van der Waals surface area contributed by atoms with E-state index >= 15 is 0 Å². The molecule has 26 heavy (non-hydrogen) atoms. The highest BCUT2D eigenvalue weighted by molar-refractivity contribution is 5.94. The van der Waals surface area contributed by atoms with Gasteiger partial charge in [-0.15, -0.1) is 0 Å². The normalized spacial score (nSPS) is 16.0. The lowest BCUT2D eigenvalue weighted by molar-refractivity contribution is -0.124. The lowest BCUT2D eigenvalue weighted by Gasteiger charge is -2.24. The molecule has 2 N–H and O–H groups in total. The number of carbonyl (C=O) groups is 2. The van der Waals surface area contributed by atoms with Gasteiger partial charge in [-0.25, -0.2) is 4.79 Å². The number of nitrogens with one attached hydrogen (secondary N) is 2. The predicted octanol–water partition coefficient (Wildman–Crippen LogP) is 2.87. The number of likely N-dealkylation sites (tertiary alicyclic amines) is 1. The number of para-hydroxylation sites is 1. The largest absolute Gasteiger partial charge is 0.350 e. The minimum Gasteiger partial charge on any atom is -0.350 e. The number of amides is 3. The van der Waals surface area contributed by atoms with Gasteiger partial charge in [0, 0.05) is 18.8 Å². The van der Waals surface area contributed by atoms with Crippen molar-refractivity contribution < 1.29 is 9.59 Å². The Morgan fingerprint density at radius 3 is 2.73 bits per heavy atom. The molecule has 6 nitrogen and oxygen atoms in total. The highest BCUT2D eigenvalue weighted by Crippen LogP contribution is 2.19. The fraction of sp³-hybridized carbons (Fsp3) is 0.250. The van der Waals surface area contributed by atoms with E-state index in [2.05, 4.69) is 16.7 Å². The zero-order valence-electron chi connectivity index (χ0n) is 14.3. The van der Waals surface area contributed by atoms with Gasteiger partial charge in [0.1, 0.15) is 6.04 Å². The van der Waals surface area contributed by atoms with Crippen LogP contribution in [-0.2, 0) is 11.3 Å². The standard InChI is InChI=1S/C20H20N4O2/c21-13-15-6-4-7-16(12-15)14-22-19(25)18-10-5-11-24(18)20(26)23-17-8-2-1-3-9-17/h1-4,6-9,12,18H,5,10-11,14H2,(H,22,25)(H,23,26). The maximum Gasteiger partial charge on any atom is 0.322 e. The third kappa shape index (κ3) is 4.19. The molecule has 0 aliphatic carbocycles. The van der Waals surface area contributed by atoms with Gasteiger partial charge in [-0.2, -0.15) is 5.26 Å². The molecule has 0 spiro atoms. The molecular weight excluding hydrogens is 328 g/mol. The minimum absolute atomic E-state index is 0.173. The summed E-state index contributed by atoms with van der Waals surface area (Å²) in [5.74, 6) is -0.173. The van der Waals surface area contributed by atoms with Crippen LogP contribution in [0.4, 0.5) is 10.5 Å². The second-order valence-electron chi connectivity index (χ2n) is 6.18. The van der Waals surface area contributed by atoms with Crippen LogP contribution in [-0.4, -0.2) is 29.4 Å². The maximum absolute atomic E-state index is 12.5. The first-order valence-electron chi connectivity index (χ1n) is 8.57. The second kappa shape index (κ2) is 8.17. The van der Waals surface area contributed by atoms with Crippen LogP contribution < -0.4 is 10.6 Å². The van der Waals surface area contributed by atoms with Crippen molar-refractivity contribution in [2.24, 2.45) is 0 Å². The van der Waals surface area contributed by atoms with E-state index in [-0.39, 0.29) is 11.9 Å². The SMILES string of the molecule is N#Cc1cccc(CNC(=O)C2CCCN2C(=O)Nc2ccccc2)c1. The molecule has 6 heteroatoms. The van der Waals surface area contributed by atoms with Crippen molar-refractivity contribution in [3.05, 3.63) is 65.7 Å². The zero-order valence-corrected chi connectivity index (χ0v) is 14.3. The van der Waals surface area contributed by atoms with Gasteiger partial charge < -0.3 is 15.5 Å². The first-order valence-corrected chi connectivity index (χ1v) is 8.57. The Bertz CT molecular complexity index is 829. The first-order chi connectivity index (χ1) is 12.7. The molecule has 0 bridgehead atoms. The smallest absolute Gasteiger partial charge is 0.322 e. The molecule has 2 aromatic carbocycles. The van der Waals surface area contributed by atoms with Gasteiger partial charge >= 0.3 is 6.03 Å². The molecule has 1 heterocycles. The lowest BCUT2D eigenvalue weighted by atomic mass is 10.1. The lowest BCUT2D eigenvalue weighted by Crippen LogP contribution is -2.47. The van der Waals surface area contributed by atoms with Gasteiger partial charge in [-0.1, -0.05) is 30.3 Å². The number of anilines is 1. The highest BCUT2D eigenvalue weighted by atomic mass is 16.2. The number of carbonyl (C=O) groups excluding carboxylic acids is 2. The van der Waals surface area contributed by atoms with Crippen molar-refractivity contribution in [1.82, 2.24) is 10.2 Å². The number of nitrogens with zero attached hydrogens (tertiary/aromatic N) is 2. The number of hydrogen-bond donors (Lipinski definition) is 2. The van der Waals surface area contributed by atoms with Crippen LogP contribution in [0.3, 0.4) is 0 Å². The third-order valence-electron chi connectivity index (χ3n) is 4.36. The number of nitriles is 1. The Kier molecular flexibility index (Phi) is 5.49. The van der Waals surface area contributed by atoms with Gasteiger partial charge in [0.15, 0.2) is 0 Å². The molecule has 1 fully saturated rings. The molecular formula is C20H20N4O2. The molecule has 0 radical (unpaired) electrons. The van der Waals surface area contributed by atoms with E-state index in [1.807, 2.05) is 36.4 Å².